The van der Waals surface area contributed by atoms with Crippen LogP contribution in [0.1, 0.15) is 34.6 Å². The Balaban J connectivity index is 1.88. The minimum atomic E-state index is -0.796. The van der Waals surface area contributed by atoms with Crippen LogP contribution in [-0.4, -0.2) is 54.9 Å². The first-order valence-electron chi connectivity index (χ1n) is 7.17. The average molecular weight is 302 g/mol. The normalized spacial score (nSPS) is 43.8. The van der Waals surface area contributed by atoms with Crippen molar-refractivity contribution in [3.63, 3.8) is 0 Å². The minimum Gasteiger partial charge on any atom is -0.457 e. The van der Waals surface area contributed by atoms with E-state index in [1.165, 1.54) is 6.92 Å². The van der Waals surface area contributed by atoms with Crippen molar-refractivity contribution in [3.05, 3.63) is 0 Å². The molecule has 3 saturated heterocycles. The summed E-state index contributed by atoms with van der Waals surface area (Å²) in [7, 11) is 0. The first-order chi connectivity index (χ1) is 9.67. The van der Waals surface area contributed by atoms with E-state index < -0.39 is 42.1 Å². The molecule has 0 amide bonds. The Morgan fingerprint density at radius 3 is 2.29 bits per heavy atom. The molecule has 7 nitrogen and oxygen atoms in total. The van der Waals surface area contributed by atoms with Crippen molar-refractivity contribution in [1.29, 1.82) is 0 Å². The SMILES string of the molecule is CC(=O)O[C@@H]1[C@H]2OC(C)(C)O[C@H]2OC[C@H]2OC(C)(C)O[C@@H]12. The monoisotopic (exact) mass is 302 g/mol. The summed E-state index contributed by atoms with van der Waals surface area (Å²) >= 11 is 0. The molecule has 3 rings (SSSR count). The maximum Gasteiger partial charge on any atom is 0.303 e. The number of hydrogen-bond acceptors (Lipinski definition) is 7. The first-order valence-corrected chi connectivity index (χ1v) is 7.17. The Bertz CT molecular complexity index is 401. The zero-order valence-corrected chi connectivity index (χ0v) is 13.0. The number of esters is 1. The second-order valence-electron chi connectivity index (χ2n) is 6.51. The molecule has 3 aliphatic heterocycles. The third kappa shape index (κ3) is 2.93. The van der Waals surface area contributed by atoms with E-state index in [1.807, 2.05) is 13.8 Å². The molecule has 0 spiro atoms. The van der Waals surface area contributed by atoms with Gasteiger partial charge in [-0.1, -0.05) is 0 Å². The zero-order valence-electron chi connectivity index (χ0n) is 13.0. The molecule has 0 unspecified atom stereocenters. The van der Waals surface area contributed by atoms with E-state index in [0.29, 0.717) is 6.61 Å². The van der Waals surface area contributed by atoms with Crippen LogP contribution >= 0.6 is 0 Å². The van der Waals surface area contributed by atoms with Crippen LogP contribution in [-0.2, 0) is 33.2 Å². The lowest BCUT2D eigenvalue weighted by Crippen LogP contribution is -2.47. The zero-order chi connectivity index (χ0) is 15.4. The molecule has 3 fully saturated rings. The fourth-order valence-corrected chi connectivity index (χ4v) is 3.08. The van der Waals surface area contributed by atoms with Crippen molar-refractivity contribution in [2.45, 2.75) is 76.9 Å². The topological polar surface area (TPSA) is 72.5 Å². The van der Waals surface area contributed by atoms with Crippen molar-refractivity contribution in [1.82, 2.24) is 0 Å². The van der Waals surface area contributed by atoms with Gasteiger partial charge < -0.3 is 28.4 Å². The van der Waals surface area contributed by atoms with Crippen LogP contribution < -0.4 is 0 Å². The van der Waals surface area contributed by atoms with E-state index in [0.717, 1.165) is 0 Å². The summed E-state index contributed by atoms with van der Waals surface area (Å²) in [5.41, 5.74) is 0. The van der Waals surface area contributed by atoms with Gasteiger partial charge >= 0.3 is 5.97 Å². The highest BCUT2D eigenvalue weighted by Gasteiger charge is 2.58. The standard InChI is InChI=1S/C14H22O7/c1-7(15)17-10-9-8(18-13(2,3)19-9)6-16-12-11(10)20-14(4,5)21-12/h8-12H,6H2,1-5H3/t8-,9-,10+,11-,12-/m1/s1. The highest BCUT2D eigenvalue weighted by atomic mass is 16.8. The first kappa shape index (κ1) is 15.2. The number of rotatable bonds is 1. The number of ether oxygens (including phenoxy) is 6. The largest absolute Gasteiger partial charge is 0.457 e. The lowest BCUT2D eigenvalue weighted by atomic mass is 10.0. The van der Waals surface area contributed by atoms with Gasteiger partial charge in [0.1, 0.15) is 12.2 Å². The summed E-state index contributed by atoms with van der Waals surface area (Å²) in [5, 5.41) is 0. The van der Waals surface area contributed by atoms with Crippen LogP contribution in [0, 0.1) is 0 Å². The molecule has 5 atom stereocenters. The molecule has 0 aliphatic carbocycles. The predicted octanol–water partition coefficient (Wildman–Crippen LogP) is 0.946. The van der Waals surface area contributed by atoms with E-state index in [9.17, 15) is 4.79 Å². The van der Waals surface area contributed by atoms with Gasteiger partial charge in [-0.2, -0.15) is 0 Å². The Hall–Kier alpha value is -0.730. The van der Waals surface area contributed by atoms with Gasteiger partial charge in [0.15, 0.2) is 30.1 Å². The third-order valence-electron chi connectivity index (χ3n) is 3.68. The molecule has 0 radical (unpaired) electrons. The van der Waals surface area contributed by atoms with Gasteiger partial charge in [0.2, 0.25) is 0 Å². The van der Waals surface area contributed by atoms with Crippen LogP contribution in [0.3, 0.4) is 0 Å². The second-order valence-corrected chi connectivity index (χ2v) is 6.51. The molecule has 0 aromatic heterocycles. The fourth-order valence-electron chi connectivity index (χ4n) is 3.08. The molecule has 21 heavy (non-hydrogen) atoms. The third-order valence-corrected chi connectivity index (χ3v) is 3.68. The summed E-state index contributed by atoms with van der Waals surface area (Å²) in [4.78, 5) is 11.5. The molecule has 3 heterocycles. The maximum atomic E-state index is 11.5. The van der Waals surface area contributed by atoms with E-state index in [-0.39, 0.29) is 6.10 Å². The molecule has 120 valence electrons. The van der Waals surface area contributed by atoms with Gasteiger partial charge in [0.25, 0.3) is 0 Å². The van der Waals surface area contributed by atoms with Crippen molar-refractivity contribution >= 4 is 5.97 Å². The summed E-state index contributed by atoms with van der Waals surface area (Å²) < 4.78 is 34.5. The van der Waals surface area contributed by atoms with Crippen LogP contribution in [0.5, 0.6) is 0 Å². The summed E-state index contributed by atoms with van der Waals surface area (Å²) in [6, 6.07) is 0. The molecule has 0 saturated carbocycles. The van der Waals surface area contributed by atoms with Gasteiger partial charge in [-0.25, -0.2) is 0 Å². The van der Waals surface area contributed by atoms with Gasteiger partial charge in [-0.15, -0.1) is 0 Å². The quantitative estimate of drug-likeness (QED) is 0.668. The Morgan fingerprint density at radius 1 is 1.00 bits per heavy atom. The molecule has 0 aromatic rings. The van der Waals surface area contributed by atoms with Gasteiger partial charge in [-0.05, 0) is 27.7 Å². The summed E-state index contributed by atoms with van der Waals surface area (Å²) in [5.74, 6) is -1.95. The molecular formula is C14H22O7. The minimum absolute atomic E-state index is 0.298. The van der Waals surface area contributed by atoms with E-state index >= 15 is 0 Å². The maximum absolute atomic E-state index is 11.5. The predicted molar refractivity (Wildman–Crippen MR) is 69.2 cm³/mol. The Labute approximate surface area is 123 Å². The van der Waals surface area contributed by atoms with E-state index in [4.69, 9.17) is 28.4 Å². The van der Waals surface area contributed by atoms with Crippen LogP contribution in [0.25, 0.3) is 0 Å². The highest BCUT2D eigenvalue weighted by molar-refractivity contribution is 5.66. The Kier molecular flexibility index (Phi) is 3.53. The average Bonchev–Trinajstić information content (AvgIpc) is 2.76. The van der Waals surface area contributed by atoms with Crippen LogP contribution in [0.2, 0.25) is 0 Å². The fraction of sp³-hybridized carbons (Fsp3) is 0.929. The van der Waals surface area contributed by atoms with Crippen molar-refractivity contribution < 1.29 is 33.2 Å². The van der Waals surface area contributed by atoms with Gasteiger partial charge in [0.05, 0.1) is 6.61 Å². The van der Waals surface area contributed by atoms with Gasteiger partial charge in [0, 0.05) is 6.92 Å². The lowest BCUT2D eigenvalue weighted by Gasteiger charge is -2.28. The van der Waals surface area contributed by atoms with Crippen LogP contribution in [0.15, 0.2) is 0 Å². The van der Waals surface area contributed by atoms with Crippen molar-refractivity contribution in [2.24, 2.45) is 0 Å². The molecule has 0 bridgehead atoms. The smallest absolute Gasteiger partial charge is 0.303 e. The van der Waals surface area contributed by atoms with E-state index in [1.54, 1.807) is 13.8 Å². The number of fused-ring (bicyclic) bond motifs is 2. The van der Waals surface area contributed by atoms with Crippen molar-refractivity contribution in [2.75, 3.05) is 6.61 Å². The summed E-state index contributed by atoms with van der Waals surface area (Å²) in [6.45, 7) is 8.89. The summed E-state index contributed by atoms with van der Waals surface area (Å²) in [6.07, 6.45) is -2.56. The second kappa shape index (κ2) is 4.89. The van der Waals surface area contributed by atoms with Crippen molar-refractivity contribution in [3.8, 4) is 0 Å². The molecule has 7 heteroatoms. The molecular weight excluding hydrogens is 280 g/mol. The van der Waals surface area contributed by atoms with E-state index in [2.05, 4.69) is 0 Å². The molecule has 0 N–H and O–H groups in total. The molecule has 0 aromatic carbocycles. The number of hydrogen-bond donors (Lipinski definition) is 0. The van der Waals surface area contributed by atoms with Crippen LogP contribution in [0.4, 0.5) is 0 Å². The molecule has 3 aliphatic rings. The highest BCUT2D eigenvalue weighted by Crippen LogP contribution is 2.40. The number of carbonyl (C=O) groups is 1. The van der Waals surface area contributed by atoms with Gasteiger partial charge in [-0.3, -0.25) is 4.79 Å². The number of carbonyl (C=O) groups excluding carboxylic acids is 1. The Morgan fingerprint density at radius 2 is 1.62 bits per heavy atom. The lowest BCUT2D eigenvalue weighted by molar-refractivity contribution is -0.203.